The summed E-state index contributed by atoms with van der Waals surface area (Å²) in [6, 6.07) is -1.46. The first kappa shape index (κ1) is 21.8. The molecule has 0 aromatic rings. The van der Waals surface area contributed by atoms with Gasteiger partial charge >= 0.3 is 5.97 Å². The Balaban J connectivity index is 2.05. The van der Waals surface area contributed by atoms with Crippen molar-refractivity contribution in [2.75, 3.05) is 19.7 Å². The normalized spacial score (nSPS) is 33.6. The van der Waals surface area contributed by atoms with Crippen LogP contribution in [0.4, 0.5) is 0 Å². The van der Waals surface area contributed by atoms with E-state index in [0.29, 0.717) is 32.4 Å². The number of aliphatic carboxylic acids is 1. The monoisotopic (exact) mass is 408 g/mol. The number of ether oxygens (including phenoxy) is 1. The van der Waals surface area contributed by atoms with Crippen LogP contribution in [0.2, 0.25) is 0 Å². The van der Waals surface area contributed by atoms with Crippen LogP contribution in [0.25, 0.3) is 0 Å². The van der Waals surface area contributed by atoms with Crippen LogP contribution in [-0.2, 0) is 19.1 Å². The topological polar surface area (TPSA) is 107 Å². The molecule has 3 aliphatic heterocycles. The van der Waals surface area contributed by atoms with Crippen LogP contribution >= 0.6 is 0 Å². The standard InChI is InChI=1S/C21H32N2O6/c1-4-7-11-22(10-5-2)19(26)17-21-9-8-14(29-21)15(20(27)28)16(21)18(25)23(17)13(6-3)12-24/h5,13-17,24H,2,4,6-12H2,1,3H3,(H,27,28)/t13-,14-,15+,16+,17-,21+/m0/s1. The van der Waals surface area contributed by atoms with Gasteiger partial charge in [0.15, 0.2) is 0 Å². The Morgan fingerprint density at radius 2 is 2.17 bits per heavy atom. The van der Waals surface area contributed by atoms with E-state index in [1.54, 1.807) is 11.0 Å². The molecular weight excluding hydrogens is 376 g/mol. The number of carbonyl (C=O) groups excluding carboxylic acids is 2. The van der Waals surface area contributed by atoms with E-state index in [9.17, 15) is 24.6 Å². The largest absolute Gasteiger partial charge is 0.481 e. The second-order valence-electron chi connectivity index (χ2n) is 8.31. The molecule has 3 rings (SSSR count). The average Bonchev–Trinajstić information content (AvgIpc) is 3.34. The van der Waals surface area contributed by atoms with Crippen LogP contribution in [0, 0.1) is 11.8 Å². The molecule has 6 atom stereocenters. The average molecular weight is 408 g/mol. The molecule has 0 aromatic heterocycles. The molecule has 8 nitrogen and oxygen atoms in total. The lowest BCUT2D eigenvalue weighted by molar-refractivity contribution is -0.153. The maximum absolute atomic E-state index is 13.7. The zero-order valence-electron chi connectivity index (χ0n) is 17.2. The van der Waals surface area contributed by atoms with Crippen molar-refractivity contribution >= 4 is 17.8 Å². The number of hydrogen-bond acceptors (Lipinski definition) is 5. The van der Waals surface area contributed by atoms with Crippen LogP contribution in [-0.4, -0.2) is 81.3 Å². The quantitative estimate of drug-likeness (QED) is 0.523. The third-order valence-corrected chi connectivity index (χ3v) is 6.78. The van der Waals surface area contributed by atoms with Crippen LogP contribution < -0.4 is 0 Å². The maximum Gasteiger partial charge on any atom is 0.310 e. The molecule has 3 saturated heterocycles. The molecule has 0 aliphatic carbocycles. The van der Waals surface area contributed by atoms with Crippen LogP contribution in [0.5, 0.6) is 0 Å². The number of fused-ring (bicyclic) bond motifs is 1. The molecule has 0 radical (unpaired) electrons. The molecule has 8 heteroatoms. The van der Waals surface area contributed by atoms with Gasteiger partial charge in [0.2, 0.25) is 11.8 Å². The second-order valence-corrected chi connectivity index (χ2v) is 8.31. The summed E-state index contributed by atoms with van der Waals surface area (Å²) < 4.78 is 6.17. The summed E-state index contributed by atoms with van der Waals surface area (Å²) in [6.45, 7) is 8.21. The number of carboxylic acid groups (broad SMARTS) is 1. The zero-order valence-corrected chi connectivity index (χ0v) is 17.2. The SMILES string of the molecule is C=CCN(CCCC)C(=O)[C@@H]1N([C@@H](CC)CO)C(=O)[C@H]2[C@H](C(=O)O)[C@@H]3CC[C@]12O3. The van der Waals surface area contributed by atoms with Gasteiger partial charge in [0.05, 0.1) is 30.6 Å². The minimum Gasteiger partial charge on any atom is -0.481 e. The first-order valence-corrected chi connectivity index (χ1v) is 10.6. The Bertz CT molecular complexity index is 678. The molecule has 162 valence electrons. The lowest BCUT2D eigenvalue weighted by atomic mass is 9.70. The Labute approximate surface area is 171 Å². The molecular formula is C21H32N2O6. The summed E-state index contributed by atoms with van der Waals surface area (Å²) in [6.07, 6.45) is 4.29. The fourth-order valence-corrected chi connectivity index (χ4v) is 5.43. The van der Waals surface area contributed by atoms with Crippen molar-refractivity contribution in [3.8, 4) is 0 Å². The highest BCUT2D eigenvalue weighted by atomic mass is 16.5. The Morgan fingerprint density at radius 1 is 1.45 bits per heavy atom. The van der Waals surface area contributed by atoms with Crippen molar-refractivity contribution in [1.29, 1.82) is 0 Å². The number of carboxylic acids is 1. The maximum atomic E-state index is 13.7. The first-order chi connectivity index (χ1) is 13.9. The lowest BCUT2D eigenvalue weighted by Gasteiger charge is -2.39. The van der Waals surface area contributed by atoms with Crippen molar-refractivity contribution in [3.05, 3.63) is 12.7 Å². The number of rotatable bonds is 10. The van der Waals surface area contributed by atoms with E-state index in [1.807, 2.05) is 13.8 Å². The molecule has 29 heavy (non-hydrogen) atoms. The molecule has 1 spiro atoms. The summed E-state index contributed by atoms with van der Waals surface area (Å²) in [7, 11) is 0. The molecule has 3 heterocycles. The summed E-state index contributed by atoms with van der Waals surface area (Å²) in [5.74, 6) is -3.52. The predicted molar refractivity (Wildman–Crippen MR) is 105 cm³/mol. The van der Waals surface area contributed by atoms with Gasteiger partial charge in [-0.1, -0.05) is 26.3 Å². The van der Waals surface area contributed by atoms with Gasteiger partial charge in [-0.3, -0.25) is 14.4 Å². The summed E-state index contributed by atoms with van der Waals surface area (Å²) in [5, 5.41) is 19.7. The van der Waals surface area contributed by atoms with Gasteiger partial charge < -0.3 is 24.7 Å². The highest BCUT2D eigenvalue weighted by Crippen LogP contribution is 2.59. The van der Waals surface area contributed by atoms with Crippen molar-refractivity contribution in [2.24, 2.45) is 11.8 Å². The third kappa shape index (κ3) is 3.26. The van der Waals surface area contributed by atoms with Crippen molar-refractivity contribution < 1.29 is 29.3 Å². The van der Waals surface area contributed by atoms with Crippen LogP contribution in [0.1, 0.15) is 46.0 Å². The molecule has 2 bridgehead atoms. The second kappa shape index (κ2) is 8.44. The highest BCUT2D eigenvalue weighted by molar-refractivity contribution is 5.98. The summed E-state index contributed by atoms with van der Waals surface area (Å²) in [4.78, 5) is 42.2. The van der Waals surface area contributed by atoms with E-state index < -0.39 is 41.6 Å². The molecule has 0 aromatic carbocycles. The van der Waals surface area contributed by atoms with E-state index >= 15 is 0 Å². The van der Waals surface area contributed by atoms with Gasteiger partial charge in [-0.05, 0) is 25.7 Å². The number of amides is 2. The molecule has 3 fully saturated rings. The number of carbonyl (C=O) groups is 3. The number of hydrogen-bond donors (Lipinski definition) is 2. The van der Waals surface area contributed by atoms with Gasteiger partial charge in [-0.2, -0.15) is 0 Å². The van der Waals surface area contributed by atoms with E-state index in [2.05, 4.69) is 6.58 Å². The molecule has 0 saturated carbocycles. The molecule has 0 unspecified atom stereocenters. The fourth-order valence-electron chi connectivity index (χ4n) is 5.43. The molecule has 2 N–H and O–H groups in total. The van der Waals surface area contributed by atoms with E-state index in [1.165, 1.54) is 4.90 Å². The minimum absolute atomic E-state index is 0.243. The Morgan fingerprint density at radius 3 is 2.72 bits per heavy atom. The Kier molecular flexibility index (Phi) is 6.33. The van der Waals surface area contributed by atoms with Crippen molar-refractivity contribution in [3.63, 3.8) is 0 Å². The van der Waals surface area contributed by atoms with Gasteiger partial charge in [0, 0.05) is 13.1 Å². The van der Waals surface area contributed by atoms with Gasteiger partial charge in [0.25, 0.3) is 0 Å². The number of nitrogens with zero attached hydrogens (tertiary/aromatic N) is 2. The molecule has 3 aliphatic rings. The van der Waals surface area contributed by atoms with E-state index in [4.69, 9.17) is 4.74 Å². The fraction of sp³-hybridized carbons (Fsp3) is 0.762. The van der Waals surface area contributed by atoms with Gasteiger partial charge in [0.1, 0.15) is 11.6 Å². The number of aliphatic hydroxyl groups excluding tert-OH is 1. The van der Waals surface area contributed by atoms with Crippen molar-refractivity contribution in [1.82, 2.24) is 9.80 Å². The van der Waals surface area contributed by atoms with Crippen LogP contribution in [0.3, 0.4) is 0 Å². The minimum atomic E-state index is -1.13. The number of likely N-dealkylation sites (tertiary alicyclic amines) is 1. The van der Waals surface area contributed by atoms with E-state index in [0.717, 1.165) is 12.8 Å². The predicted octanol–water partition coefficient (Wildman–Crippen LogP) is 1.03. The number of unbranched alkanes of at least 4 members (excludes halogenated alkanes) is 1. The van der Waals surface area contributed by atoms with Gasteiger partial charge in [-0.25, -0.2) is 0 Å². The highest BCUT2D eigenvalue weighted by Gasteiger charge is 2.75. The number of aliphatic hydroxyl groups is 1. The first-order valence-electron chi connectivity index (χ1n) is 10.6. The Hall–Kier alpha value is -1.93. The van der Waals surface area contributed by atoms with Gasteiger partial charge in [-0.15, -0.1) is 6.58 Å². The zero-order chi connectivity index (χ0) is 21.3. The molecule has 2 amide bonds. The van der Waals surface area contributed by atoms with E-state index in [-0.39, 0.29) is 18.4 Å². The third-order valence-electron chi connectivity index (χ3n) is 6.78. The smallest absolute Gasteiger partial charge is 0.310 e. The summed E-state index contributed by atoms with van der Waals surface area (Å²) in [5.41, 5.74) is -1.13. The summed E-state index contributed by atoms with van der Waals surface area (Å²) >= 11 is 0. The van der Waals surface area contributed by atoms with Crippen LogP contribution in [0.15, 0.2) is 12.7 Å². The lowest BCUT2D eigenvalue weighted by Crippen LogP contribution is -2.58. The van der Waals surface area contributed by atoms with Crippen molar-refractivity contribution in [2.45, 2.75) is 69.7 Å².